The van der Waals surface area contributed by atoms with Crippen molar-refractivity contribution in [1.82, 2.24) is 4.98 Å². The zero-order valence-electron chi connectivity index (χ0n) is 12.1. The second-order valence-corrected chi connectivity index (χ2v) is 4.58. The predicted molar refractivity (Wildman–Crippen MR) is 80.3 cm³/mol. The first-order valence-electron chi connectivity index (χ1n) is 6.61. The second kappa shape index (κ2) is 6.85. The molecule has 0 spiro atoms. The Morgan fingerprint density at radius 1 is 1.14 bits per heavy atom. The summed E-state index contributed by atoms with van der Waals surface area (Å²) in [6.45, 7) is 2.90. The number of primary amides is 1. The number of hydrogen-bond donors (Lipinski definition) is 1. The van der Waals surface area contributed by atoms with E-state index in [0.717, 1.165) is 17.0 Å². The predicted octanol–water partition coefficient (Wildman–Crippen LogP) is 2.18. The third-order valence-corrected chi connectivity index (χ3v) is 2.98. The van der Waals surface area contributed by atoms with Crippen LogP contribution in [0.2, 0.25) is 0 Å². The summed E-state index contributed by atoms with van der Waals surface area (Å²) in [5.41, 5.74) is 8.05. The quantitative estimate of drug-likeness (QED) is 0.826. The van der Waals surface area contributed by atoms with Crippen molar-refractivity contribution in [2.24, 2.45) is 5.73 Å². The first-order chi connectivity index (χ1) is 10.1. The van der Waals surface area contributed by atoms with Gasteiger partial charge in [-0.05, 0) is 43.3 Å². The lowest BCUT2D eigenvalue weighted by Gasteiger charge is -2.09. The van der Waals surface area contributed by atoms with Crippen LogP contribution >= 0.6 is 0 Å². The summed E-state index contributed by atoms with van der Waals surface area (Å²) < 4.78 is 10.4. The number of pyridine rings is 1. The van der Waals surface area contributed by atoms with E-state index in [2.05, 4.69) is 4.98 Å². The van der Waals surface area contributed by atoms with Crippen LogP contribution in [0.15, 0.2) is 36.4 Å². The molecule has 1 aromatic heterocycles. The highest BCUT2D eigenvalue weighted by Crippen LogP contribution is 2.24. The molecule has 2 N–H and O–H groups in total. The number of methoxy groups -OCH3 is 1. The molecule has 2 rings (SSSR count). The van der Waals surface area contributed by atoms with Gasteiger partial charge in [0.25, 0.3) is 5.91 Å². The van der Waals surface area contributed by atoms with Gasteiger partial charge in [-0.2, -0.15) is 0 Å². The van der Waals surface area contributed by atoms with Crippen LogP contribution in [0.25, 0.3) is 11.3 Å². The Labute approximate surface area is 123 Å². The lowest BCUT2D eigenvalue weighted by Crippen LogP contribution is -2.13. The Morgan fingerprint density at radius 2 is 1.86 bits per heavy atom. The van der Waals surface area contributed by atoms with Crippen LogP contribution in [0.3, 0.4) is 0 Å². The molecule has 21 heavy (non-hydrogen) atoms. The molecule has 1 aromatic carbocycles. The molecular formula is C16H18N2O3. The fourth-order valence-corrected chi connectivity index (χ4v) is 1.93. The molecule has 0 aliphatic heterocycles. The van der Waals surface area contributed by atoms with Crippen LogP contribution in [0.5, 0.6) is 5.75 Å². The van der Waals surface area contributed by atoms with E-state index in [0.29, 0.717) is 24.5 Å². The molecule has 5 heteroatoms. The van der Waals surface area contributed by atoms with Crippen molar-refractivity contribution < 1.29 is 14.3 Å². The van der Waals surface area contributed by atoms with E-state index in [1.54, 1.807) is 19.2 Å². The number of nitrogens with zero attached hydrogens (tertiary/aromatic N) is 1. The van der Waals surface area contributed by atoms with E-state index in [4.69, 9.17) is 15.2 Å². The third-order valence-electron chi connectivity index (χ3n) is 2.98. The van der Waals surface area contributed by atoms with Gasteiger partial charge in [0.2, 0.25) is 0 Å². The fraction of sp³-hybridized carbons (Fsp3) is 0.250. The maximum Gasteiger partial charge on any atom is 0.250 e. The fourth-order valence-electron chi connectivity index (χ4n) is 1.93. The lowest BCUT2D eigenvalue weighted by atomic mass is 10.0. The van der Waals surface area contributed by atoms with Crippen LogP contribution in [0.1, 0.15) is 16.1 Å². The highest BCUT2D eigenvalue weighted by molar-refractivity contribution is 5.98. The van der Waals surface area contributed by atoms with E-state index in [-0.39, 0.29) is 0 Å². The van der Waals surface area contributed by atoms with E-state index in [9.17, 15) is 4.79 Å². The summed E-state index contributed by atoms with van der Waals surface area (Å²) in [6.07, 6.45) is 0. The van der Waals surface area contributed by atoms with Gasteiger partial charge in [0.1, 0.15) is 12.4 Å². The number of nitrogens with two attached hydrogens (primary N) is 1. The number of rotatable bonds is 6. The first-order valence-corrected chi connectivity index (χ1v) is 6.61. The van der Waals surface area contributed by atoms with Gasteiger partial charge in [0.05, 0.1) is 17.9 Å². The highest BCUT2D eigenvalue weighted by atomic mass is 16.5. The van der Waals surface area contributed by atoms with Crippen molar-refractivity contribution in [1.29, 1.82) is 0 Å². The van der Waals surface area contributed by atoms with E-state index in [1.807, 2.05) is 31.2 Å². The third kappa shape index (κ3) is 3.79. The molecule has 110 valence electrons. The summed E-state index contributed by atoms with van der Waals surface area (Å²) in [4.78, 5) is 15.9. The average Bonchev–Trinajstić information content (AvgIpc) is 2.48. The largest absolute Gasteiger partial charge is 0.491 e. The summed E-state index contributed by atoms with van der Waals surface area (Å²) >= 11 is 0. The van der Waals surface area contributed by atoms with E-state index in [1.165, 1.54) is 0 Å². The molecule has 0 bridgehead atoms. The van der Waals surface area contributed by atoms with Gasteiger partial charge in [0, 0.05) is 18.4 Å². The Morgan fingerprint density at radius 3 is 2.48 bits per heavy atom. The number of carbonyl (C=O) groups is 1. The summed E-state index contributed by atoms with van der Waals surface area (Å²) in [5.74, 6) is 0.252. The molecular weight excluding hydrogens is 268 g/mol. The standard InChI is InChI=1S/C16H18N2O3/c1-11-3-8-14(16(17)19)15(18-11)12-4-6-13(7-5-12)21-10-9-20-2/h3-8H,9-10H2,1-2H3,(H2,17,19). The number of hydrogen-bond acceptors (Lipinski definition) is 4. The summed E-state index contributed by atoms with van der Waals surface area (Å²) in [5, 5.41) is 0. The molecule has 0 radical (unpaired) electrons. The van der Waals surface area contributed by atoms with Gasteiger partial charge in [-0.3, -0.25) is 9.78 Å². The number of amides is 1. The maximum atomic E-state index is 11.5. The van der Waals surface area contributed by atoms with Crippen LogP contribution in [0.4, 0.5) is 0 Å². The first kappa shape index (κ1) is 15.0. The zero-order valence-corrected chi connectivity index (χ0v) is 12.1. The van der Waals surface area contributed by atoms with E-state index < -0.39 is 5.91 Å². The van der Waals surface area contributed by atoms with Gasteiger partial charge in [0.15, 0.2) is 0 Å². The van der Waals surface area contributed by atoms with Crippen molar-refractivity contribution in [3.05, 3.63) is 47.7 Å². The van der Waals surface area contributed by atoms with Crippen molar-refractivity contribution in [2.75, 3.05) is 20.3 Å². The molecule has 0 fully saturated rings. The van der Waals surface area contributed by atoms with Gasteiger partial charge in [-0.25, -0.2) is 0 Å². The van der Waals surface area contributed by atoms with Gasteiger partial charge < -0.3 is 15.2 Å². The molecule has 1 heterocycles. The van der Waals surface area contributed by atoms with Crippen LogP contribution in [-0.2, 0) is 4.74 Å². The van der Waals surface area contributed by atoms with E-state index >= 15 is 0 Å². The SMILES string of the molecule is COCCOc1ccc(-c2nc(C)ccc2C(N)=O)cc1. The van der Waals surface area contributed by atoms with Crippen molar-refractivity contribution in [3.63, 3.8) is 0 Å². The Bertz CT molecular complexity index is 624. The molecule has 1 amide bonds. The van der Waals surface area contributed by atoms with Crippen LogP contribution in [-0.4, -0.2) is 31.2 Å². The zero-order chi connectivity index (χ0) is 15.2. The van der Waals surface area contributed by atoms with Crippen LogP contribution < -0.4 is 10.5 Å². The van der Waals surface area contributed by atoms with Crippen molar-refractivity contribution in [2.45, 2.75) is 6.92 Å². The average molecular weight is 286 g/mol. The topological polar surface area (TPSA) is 74.4 Å². The summed E-state index contributed by atoms with van der Waals surface area (Å²) in [7, 11) is 1.63. The molecule has 2 aromatic rings. The second-order valence-electron chi connectivity index (χ2n) is 4.58. The Balaban J connectivity index is 2.26. The highest BCUT2D eigenvalue weighted by Gasteiger charge is 2.12. The number of carbonyl (C=O) groups excluding carboxylic acids is 1. The number of ether oxygens (including phenoxy) is 2. The monoisotopic (exact) mass is 286 g/mol. The molecule has 5 nitrogen and oxygen atoms in total. The number of aromatic nitrogens is 1. The number of benzene rings is 1. The van der Waals surface area contributed by atoms with Crippen molar-refractivity contribution >= 4 is 5.91 Å². The minimum Gasteiger partial charge on any atom is -0.491 e. The molecule has 0 saturated carbocycles. The molecule has 0 aliphatic rings. The minimum atomic E-state index is -0.488. The summed E-state index contributed by atoms with van der Waals surface area (Å²) in [6, 6.07) is 10.8. The molecule has 0 saturated heterocycles. The number of aryl methyl sites for hydroxylation is 1. The smallest absolute Gasteiger partial charge is 0.250 e. The van der Waals surface area contributed by atoms with Gasteiger partial charge in [-0.15, -0.1) is 0 Å². The van der Waals surface area contributed by atoms with Gasteiger partial charge >= 0.3 is 0 Å². The normalized spacial score (nSPS) is 10.4. The minimum absolute atomic E-state index is 0.411. The lowest BCUT2D eigenvalue weighted by molar-refractivity contribution is 0.100. The molecule has 0 unspecified atom stereocenters. The maximum absolute atomic E-state index is 11.5. The molecule has 0 atom stereocenters. The van der Waals surface area contributed by atoms with Crippen LogP contribution in [0, 0.1) is 6.92 Å². The molecule has 0 aliphatic carbocycles. The van der Waals surface area contributed by atoms with Crippen molar-refractivity contribution in [3.8, 4) is 17.0 Å². The Kier molecular flexibility index (Phi) is 4.90. The Hall–Kier alpha value is -2.40. The van der Waals surface area contributed by atoms with Gasteiger partial charge in [-0.1, -0.05) is 0 Å².